The van der Waals surface area contributed by atoms with E-state index < -0.39 is 34.3 Å². The Morgan fingerprint density at radius 2 is 1.45 bits per heavy atom. The van der Waals surface area contributed by atoms with Gasteiger partial charge in [0, 0.05) is 19.5 Å². The summed E-state index contributed by atoms with van der Waals surface area (Å²) in [6.07, 6.45) is 0.202. The minimum absolute atomic E-state index is 0.0288. The van der Waals surface area contributed by atoms with Gasteiger partial charge in [-0.25, -0.2) is 12.8 Å². The number of hydrogen-bond acceptors (Lipinski definition) is 4. The summed E-state index contributed by atoms with van der Waals surface area (Å²) in [6.45, 7) is 7.07. The highest BCUT2D eigenvalue weighted by molar-refractivity contribution is 7.92. The third-order valence-corrected chi connectivity index (χ3v) is 9.18. The molecule has 1 atom stereocenters. The van der Waals surface area contributed by atoms with Gasteiger partial charge in [0.2, 0.25) is 11.8 Å². The van der Waals surface area contributed by atoms with Gasteiger partial charge < -0.3 is 10.2 Å². The molecule has 0 heterocycles. The summed E-state index contributed by atoms with van der Waals surface area (Å²) < 4.78 is 43.3. The maximum absolute atomic E-state index is 14.4. The highest BCUT2D eigenvalue weighted by Crippen LogP contribution is 2.29. The van der Waals surface area contributed by atoms with E-state index in [4.69, 9.17) is 0 Å². The van der Waals surface area contributed by atoms with Crippen molar-refractivity contribution in [2.75, 3.05) is 17.4 Å². The number of nitrogens with zero attached hydrogens (tertiary/aromatic N) is 2. The normalized spacial score (nSPS) is 11.9. The lowest BCUT2D eigenvalue weighted by Gasteiger charge is -2.34. The van der Waals surface area contributed by atoms with Crippen LogP contribution in [0.15, 0.2) is 102 Å². The lowest BCUT2D eigenvalue weighted by molar-refractivity contribution is -0.140. The van der Waals surface area contributed by atoms with Crippen LogP contribution in [-0.2, 0) is 32.6 Å². The molecule has 1 N–H and O–H groups in total. The van der Waals surface area contributed by atoms with Crippen molar-refractivity contribution in [2.45, 2.75) is 51.6 Å². The van der Waals surface area contributed by atoms with Gasteiger partial charge in [0.15, 0.2) is 0 Å². The van der Waals surface area contributed by atoms with Crippen molar-refractivity contribution in [1.29, 1.82) is 0 Å². The van der Waals surface area contributed by atoms with E-state index in [1.807, 2.05) is 56.3 Å². The average molecular weight is 616 g/mol. The zero-order valence-electron chi connectivity index (χ0n) is 25.5. The maximum Gasteiger partial charge on any atom is 0.264 e. The van der Waals surface area contributed by atoms with Crippen molar-refractivity contribution in [1.82, 2.24) is 10.2 Å². The van der Waals surface area contributed by atoms with Gasteiger partial charge in [-0.3, -0.25) is 13.9 Å². The molecule has 0 aliphatic carbocycles. The van der Waals surface area contributed by atoms with Gasteiger partial charge >= 0.3 is 0 Å². The maximum atomic E-state index is 14.4. The van der Waals surface area contributed by atoms with Crippen LogP contribution in [0, 0.1) is 26.6 Å². The summed E-state index contributed by atoms with van der Waals surface area (Å²) >= 11 is 0. The number of nitrogens with one attached hydrogen (secondary N) is 1. The third kappa shape index (κ3) is 7.90. The van der Waals surface area contributed by atoms with Gasteiger partial charge in [-0.2, -0.15) is 0 Å². The molecule has 9 heteroatoms. The molecule has 4 aromatic rings. The summed E-state index contributed by atoms with van der Waals surface area (Å²) in [5.41, 5.74) is 4.21. The van der Waals surface area contributed by atoms with Crippen molar-refractivity contribution in [2.24, 2.45) is 0 Å². The number of sulfonamides is 1. The smallest absolute Gasteiger partial charge is 0.264 e. The molecule has 0 fully saturated rings. The third-order valence-electron chi connectivity index (χ3n) is 7.41. The van der Waals surface area contributed by atoms with Gasteiger partial charge in [0.05, 0.1) is 10.6 Å². The number of carbonyl (C=O) groups excluding carboxylic acids is 2. The summed E-state index contributed by atoms with van der Waals surface area (Å²) in [7, 11) is -4.20. The molecule has 0 saturated heterocycles. The molecule has 1 unspecified atom stereocenters. The largest absolute Gasteiger partial charge is 0.355 e. The SMILES string of the molecule is CCNC(=O)C(Cc1ccccc1)N(Cc1ccc(F)cc1)C(=O)CN(c1cc(C)ccc1C)S(=O)(=O)c1ccc(C)cc1. The van der Waals surface area contributed by atoms with Crippen LogP contribution < -0.4 is 9.62 Å². The second kappa shape index (κ2) is 14.3. The van der Waals surface area contributed by atoms with E-state index >= 15 is 0 Å². The second-order valence-corrected chi connectivity index (χ2v) is 12.7. The van der Waals surface area contributed by atoms with E-state index in [2.05, 4.69) is 5.32 Å². The predicted octanol–water partition coefficient (Wildman–Crippen LogP) is 5.72. The zero-order chi connectivity index (χ0) is 31.9. The standard InChI is InChI=1S/C35H38FN3O4S/c1-5-37-35(41)33(22-28-9-7-6-8-10-28)38(23-29-15-17-30(36)18-16-29)34(40)24-39(32-21-26(3)11-14-27(32)4)44(42,43)31-19-12-25(2)13-20-31/h6-21,33H,5,22-24H2,1-4H3,(H,37,41). The second-order valence-electron chi connectivity index (χ2n) is 10.9. The van der Waals surface area contributed by atoms with E-state index in [9.17, 15) is 22.4 Å². The summed E-state index contributed by atoms with van der Waals surface area (Å²) in [5.74, 6) is -1.37. The van der Waals surface area contributed by atoms with Gasteiger partial charge in [0.1, 0.15) is 18.4 Å². The molecule has 0 aliphatic rings. The van der Waals surface area contributed by atoms with E-state index in [-0.39, 0.29) is 23.8 Å². The number of likely N-dealkylation sites (N-methyl/N-ethyl adjacent to an activating group) is 1. The fourth-order valence-electron chi connectivity index (χ4n) is 4.97. The summed E-state index contributed by atoms with van der Waals surface area (Å²) in [5, 5.41) is 2.83. The molecule has 4 aromatic carbocycles. The fourth-order valence-corrected chi connectivity index (χ4v) is 6.44. The molecule has 0 aromatic heterocycles. The first-order chi connectivity index (χ1) is 21.0. The van der Waals surface area contributed by atoms with Crippen molar-refractivity contribution >= 4 is 27.5 Å². The topological polar surface area (TPSA) is 86.8 Å². The van der Waals surface area contributed by atoms with E-state index in [1.165, 1.54) is 29.2 Å². The Hall–Kier alpha value is -4.50. The first kappa shape index (κ1) is 32.4. The van der Waals surface area contributed by atoms with Gasteiger partial charge in [-0.1, -0.05) is 72.3 Å². The van der Waals surface area contributed by atoms with Crippen LogP contribution in [0.1, 0.15) is 34.7 Å². The molecular formula is C35H38FN3O4S. The Balaban J connectivity index is 1.82. The molecule has 0 radical (unpaired) electrons. The fraction of sp³-hybridized carbons (Fsp3) is 0.257. The van der Waals surface area contributed by atoms with E-state index in [0.717, 1.165) is 21.0 Å². The van der Waals surface area contributed by atoms with Crippen LogP contribution in [0.2, 0.25) is 0 Å². The highest BCUT2D eigenvalue weighted by Gasteiger charge is 2.35. The monoisotopic (exact) mass is 615 g/mol. The predicted molar refractivity (Wildman–Crippen MR) is 171 cm³/mol. The molecular weight excluding hydrogens is 577 g/mol. The lowest BCUT2D eigenvalue weighted by Crippen LogP contribution is -2.53. The molecule has 0 aliphatic heterocycles. The van der Waals surface area contributed by atoms with Crippen LogP contribution in [0.3, 0.4) is 0 Å². The number of hydrogen-bond donors (Lipinski definition) is 1. The summed E-state index contributed by atoms with van der Waals surface area (Å²) in [4.78, 5) is 29.4. The van der Waals surface area contributed by atoms with Gasteiger partial charge in [0.25, 0.3) is 10.0 Å². The molecule has 0 spiro atoms. The molecule has 230 valence electrons. The van der Waals surface area contributed by atoms with Crippen LogP contribution in [0.4, 0.5) is 10.1 Å². The van der Waals surface area contributed by atoms with Crippen molar-refractivity contribution in [3.8, 4) is 0 Å². The molecule has 0 saturated carbocycles. The first-order valence-corrected chi connectivity index (χ1v) is 16.0. The molecule has 7 nitrogen and oxygen atoms in total. The number of halogens is 1. The van der Waals surface area contributed by atoms with Crippen LogP contribution in [-0.4, -0.2) is 44.3 Å². The Morgan fingerprint density at radius 3 is 2.09 bits per heavy atom. The molecule has 44 heavy (non-hydrogen) atoms. The average Bonchev–Trinajstić information content (AvgIpc) is 3.00. The zero-order valence-corrected chi connectivity index (χ0v) is 26.3. The minimum Gasteiger partial charge on any atom is -0.355 e. The highest BCUT2D eigenvalue weighted by atomic mass is 32.2. The minimum atomic E-state index is -4.20. The van der Waals surface area contributed by atoms with Crippen molar-refractivity contribution in [3.05, 3.63) is 131 Å². The van der Waals surface area contributed by atoms with E-state index in [0.29, 0.717) is 23.4 Å². The number of benzene rings is 4. The number of amides is 2. The number of anilines is 1. The number of rotatable bonds is 12. The summed E-state index contributed by atoms with van der Waals surface area (Å²) in [6, 6.07) is 26.0. The number of carbonyl (C=O) groups is 2. The molecule has 4 rings (SSSR count). The molecule has 2 amide bonds. The quantitative estimate of drug-likeness (QED) is 0.221. The Labute approximate surface area is 259 Å². The van der Waals surface area contributed by atoms with Crippen molar-refractivity contribution in [3.63, 3.8) is 0 Å². The Bertz CT molecular complexity index is 1690. The Morgan fingerprint density at radius 1 is 0.818 bits per heavy atom. The van der Waals surface area contributed by atoms with Crippen LogP contribution >= 0.6 is 0 Å². The van der Waals surface area contributed by atoms with Crippen LogP contribution in [0.5, 0.6) is 0 Å². The lowest BCUT2D eigenvalue weighted by atomic mass is 10.0. The van der Waals surface area contributed by atoms with Gasteiger partial charge in [-0.15, -0.1) is 0 Å². The first-order valence-electron chi connectivity index (χ1n) is 14.5. The Kier molecular flexibility index (Phi) is 10.5. The van der Waals surface area contributed by atoms with Crippen LogP contribution in [0.25, 0.3) is 0 Å². The number of aryl methyl sites for hydroxylation is 3. The molecule has 0 bridgehead atoms. The van der Waals surface area contributed by atoms with Gasteiger partial charge in [-0.05, 0) is 80.3 Å². The van der Waals surface area contributed by atoms with Crippen molar-refractivity contribution < 1.29 is 22.4 Å². The van der Waals surface area contributed by atoms with E-state index in [1.54, 1.807) is 44.2 Å².